The predicted molar refractivity (Wildman–Crippen MR) is 99.1 cm³/mol. The number of nitrogens with zero attached hydrogens (tertiary/aromatic N) is 2. The quantitative estimate of drug-likeness (QED) is 0.568. The van der Waals surface area contributed by atoms with Crippen molar-refractivity contribution >= 4 is 5.96 Å². The third kappa shape index (κ3) is 7.64. The number of alkyl halides is 3. The van der Waals surface area contributed by atoms with Gasteiger partial charge in [-0.25, -0.2) is 4.99 Å². The summed E-state index contributed by atoms with van der Waals surface area (Å²) in [6.45, 7) is 5.93. The molecule has 0 radical (unpaired) electrons. The smallest absolute Gasteiger partial charge is 0.357 e. The monoisotopic (exact) mass is 370 g/mol. The van der Waals surface area contributed by atoms with E-state index in [4.69, 9.17) is 0 Å². The Bertz CT molecular complexity index is 566. The molecule has 0 bridgehead atoms. The molecule has 1 aromatic carbocycles. The van der Waals surface area contributed by atoms with E-state index in [1.54, 1.807) is 0 Å². The van der Waals surface area contributed by atoms with Gasteiger partial charge in [-0.05, 0) is 44.0 Å². The van der Waals surface area contributed by atoms with Crippen LogP contribution in [-0.2, 0) is 13.1 Å². The number of hydrogen-bond donors (Lipinski definition) is 2. The van der Waals surface area contributed by atoms with E-state index in [-0.39, 0.29) is 6.54 Å². The van der Waals surface area contributed by atoms with Gasteiger partial charge in [0.2, 0.25) is 0 Å². The molecule has 1 fully saturated rings. The molecule has 1 aromatic rings. The lowest BCUT2D eigenvalue weighted by Gasteiger charge is -2.27. The van der Waals surface area contributed by atoms with Gasteiger partial charge in [-0.2, -0.15) is 13.2 Å². The number of piperidine rings is 1. The molecule has 0 unspecified atom stereocenters. The Labute approximate surface area is 153 Å². The molecule has 1 aliphatic heterocycles. The zero-order valence-corrected chi connectivity index (χ0v) is 15.4. The van der Waals surface area contributed by atoms with E-state index in [0.717, 1.165) is 25.2 Å². The lowest BCUT2D eigenvalue weighted by atomic mass is 10.1. The van der Waals surface area contributed by atoms with Crippen LogP contribution in [0.2, 0.25) is 0 Å². The summed E-state index contributed by atoms with van der Waals surface area (Å²) in [4.78, 5) is 6.92. The molecule has 1 aliphatic rings. The molecule has 0 aromatic heterocycles. The molecule has 1 heterocycles. The second-order valence-electron chi connectivity index (χ2n) is 6.59. The fourth-order valence-corrected chi connectivity index (χ4v) is 3.05. The van der Waals surface area contributed by atoms with Crippen LogP contribution in [0.1, 0.15) is 43.7 Å². The van der Waals surface area contributed by atoms with Crippen LogP contribution in [0.5, 0.6) is 0 Å². The lowest BCUT2D eigenvalue weighted by Crippen LogP contribution is -2.38. The summed E-state index contributed by atoms with van der Waals surface area (Å²) in [5.41, 5.74) is 2.36. The molecule has 0 atom stereocenters. The van der Waals surface area contributed by atoms with Crippen molar-refractivity contribution in [2.75, 3.05) is 26.2 Å². The van der Waals surface area contributed by atoms with Crippen molar-refractivity contribution in [2.45, 2.75) is 51.9 Å². The van der Waals surface area contributed by atoms with E-state index in [1.165, 1.54) is 24.8 Å². The molecule has 1 saturated heterocycles. The van der Waals surface area contributed by atoms with E-state index < -0.39 is 12.6 Å². The van der Waals surface area contributed by atoms with E-state index in [2.05, 4.69) is 26.6 Å². The number of rotatable bonds is 7. The van der Waals surface area contributed by atoms with Gasteiger partial charge in [-0.3, -0.25) is 4.90 Å². The van der Waals surface area contributed by atoms with Crippen LogP contribution in [-0.4, -0.2) is 43.2 Å². The molecule has 2 rings (SSSR count). The summed E-state index contributed by atoms with van der Waals surface area (Å²) < 4.78 is 36.9. The Balaban J connectivity index is 1.96. The molecular weight excluding hydrogens is 341 g/mol. The molecule has 0 spiro atoms. The molecule has 4 nitrogen and oxygen atoms in total. The van der Waals surface area contributed by atoms with Crippen molar-refractivity contribution < 1.29 is 13.2 Å². The van der Waals surface area contributed by atoms with Crippen LogP contribution in [0.15, 0.2) is 29.3 Å². The highest BCUT2D eigenvalue weighted by atomic mass is 19.4. The van der Waals surface area contributed by atoms with E-state index in [9.17, 15) is 13.2 Å². The molecule has 0 aliphatic carbocycles. The van der Waals surface area contributed by atoms with Gasteiger partial charge >= 0.3 is 6.18 Å². The van der Waals surface area contributed by atoms with Gasteiger partial charge in [0.25, 0.3) is 0 Å². The van der Waals surface area contributed by atoms with E-state index >= 15 is 0 Å². The lowest BCUT2D eigenvalue weighted by molar-refractivity contribution is -0.132. The zero-order chi connectivity index (χ0) is 18.8. The van der Waals surface area contributed by atoms with Crippen molar-refractivity contribution in [1.82, 2.24) is 15.5 Å². The number of aliphatic imine (C=N–C) groups is 1. The average Bonchev–Trinajstić information content (AvgIpc) is 2.60. The minimum absolute atomic E-state index is 0.176. The van der Waals surface area contributed by atoms with Crippen molar-refractivity contribution in [3.63, 3.8) is 0 Å². The van der Waals surface area contributed by atoms with Gasteiger partial charge < -0.3 is 10.6 Å². The molecule has 26 heavy (non-hydrogen) atoms. The summed E-state index contributed by atoms with van der Waals surface area (Å²) >= 11 is 0. The first-order chi connectivity index (χ1) is 12.5. The van der Waals surface area contributed by atoms with Crippen LogP contribution in [0.3, 0.4) is 0 Å². The second kappa shape index (κ2) is 10.4. The fourth-order valence-electron chi connectivity index (χ4n) is 3.05. The second-order valence-corrected chi connectivity index (χ2v) is 6.59. The van der Waals surface area contributed by atoms with Gasteiger partial charge in [0.05, 0.1) is 13.0 Å². The summed E-state index contributed by atoms with van der Waals surface area (Å²) in [7, 11) is 0. The van der Waals surface area contributed by atoms with Gasteiger partial charge in [-0.1, -0.05) is 30.7 Å². The van der Waals surface area contributed by atoms with Crippen LogP contribution in [0, 0.1) is 0 Å². The maximum atomic E-state index is 12.3. The highest BCUT2D eigenvalue weighted by Gasteiger charge is 2.26. The first kappa shape index (κ1) is 20.6. The summed E-state index contributed by atoms with van der Waals surface area (Å²) in [6, 6.07) is 8.17. The molecule has 2 N–H and O–H groups in total. The van der Waals surface area contributed by atoms with Crippen molar-refractivity contribution in [2.24, 2.45) is 4.99 Å². The van der Waals surface area contributed by atoms with Crippen molar-refractivity contribution in [1.29, 1.82) is 0 Å². The van der Waals surface area contributed by atoms with Crippen LogP contribution < -0.4 is 10.6 Å². The van der Waals surface area contributed by atoms with Crippen molar-refractivity contribution in [3.8, 4) is 0 Å². The third-order valence-electron chi connectivity index (χ3n) is 4.41. The molecular formula is C19H29F3N4. The number of halogens is 3. The Morgan fingerprint density at radius 2 is 1.77 bits per heavy atom. The Morgan fingerprint density at radius 3 is 2.42 bits per heavy atom. The van der Waals surface area contributed by atoms with Crippen LogP contribution >= 0.6 is 0 Å². The Hall–Kier alpha value is -1.76. The maximum absolute atomic E-state index is 12.3. The number of hydrogen-bond acceptors (Lipinski definition) is 2. The van der Waals surface area contributed by atoms with Gasteiger partial charge in [0.15, 0.2) is 5.96 Å². The van der Waals surface area contributed by atoms with Gasteiger partial charge in [0, 0.05) is 19.6 Å². The molecule has 7 heteroatoms. The first-order valence-corrected chi connectivity index (χ1v) is 9.36. The molecule has 0 saturated carbocycles. The standard InChI is InChI=1S/C19H29F3N4/c1-2-23-18(24-11-10-19(20,21)22)25-14-16-8-4-5-9-17(16)15-26-12-6-3-7-13-26/h4-5,8-9H,2-3,6-7,10-15H2,1H3,(H2,23,24,25). The topological polar surface area (TPSA) is 39.7 Å². The number of likely N-dealkylation sites (tertiary alicyclic amines) is 1. The highest BCUT2D eigenvalue weighted by Crippen LogP contribution is 2.18. The minimum Gasteiger partial charge on any atom is -0.357 e. The zero-order valence-electron chi connectivity index (χ0n) is 15.4. The average molecular weight is 370 g/mol. The van der Waals surface area contributed by atoms with Crippen LogP contribution in [0.25, 0.3) is 0 Å². The summed E-state index contributed by atoms with van der Waals surface area (Å²) in [6.07, 6.45) is -1.24. The highest BCUT2D eigenvalue weighted by molar-refractivity contribution is 5.79. The number of guanidine groups is 1. The van der Waals surface area contributed by atoms with Crippen LogP contribution in [0.4, 0.5) is 13.2 Å². The fraction of sp³-hybridized carbons (Fsp3) is 0.632. The minimum atomic E-state index is -4.16. The normalized spacial score (nSPS) is 16.5. The summed E-state index contributed by atoms with van der Waals surface area (Å²) in [5.74, 6) is 0.421. The van der Waals surface area contributed by atoms with Gasteiger partial charge in [0.1, 0.15) is 0 Å². The summed E-state index contributed by atoms with van der Waals surface area (Å²) in [5, 5.41) is 5.76. The Morgan fingerprint density at radius 1 is 1.08 bits per heavy atom. The third-order valence-corrected chi connectivity index (χ3v) is 4.41. The van der Waals surface area contributed by atoms with Crippen molar-refractivity contribution in [3.05, 3.63) is 35.4 Å². The number of nitrogens with one attached hydrogen (secondary N) is 2. The van der Waals surface area contributed by atoms with E-state index in [0.29, 0.717) is 19.0 Å². The number of benzene rings is 1. The van der Waals surface area contributed by atoms with E-state index in [1.807, 2.05) is 25.1 Å². The molecule has 0 amide bonds. The molecule has 146 valence electrons. The predicted octanol–water partition coefficient (Wildman–Crippen LogP) is 3.68. The first-order valence-electron chi connectivity index (χ1n) is 9.36. The SMILES string of the molecule is CCNC(=NCc1ccccc1CN1CCCCC1)NCCC(F)(F)F. The maximum Gasteiger partial charge on any atom is 0.390 e. The van der Waals surface area contributed by atoms with Gasteiger partial charge in [-0.15, -0.1) is 0 Å². The largest absolute Gasteiger partial charge is 0.390 e. The Kier molecular flexibility index (Phi) is 8.22.